The van der Waals surface area contributed by atoms with Gasteiger partial charge in [0, 0.05) is 0 Å². The molecule has 0 bridgehead atoms. The minimum atomic E-state index is 0. The first kappa shape index (κ1) is 10.9. The predicted molar refractivity (Wildman–Crippen MR) is 27.1 cm³/mol. The van der Waals surface area contributed by atoms with Crippen molar-refractivity contribution in [2.45, 2.75) is 25.5 Å². The van der Waals surface area contributed by atoms with Crippen LogP contribution in [0.1, 0.15) is 20.3 Å². The summed E-state index contributed by atoms with van der Waals surface area (Å²) in [4.78, 5) is 0. The maximum Gasteiger partial charge on any atom is 1.00 e. The zero-order chi connectivity index (χ0) is 4.28. The molecule has 0 radical (unpaired) electrons. The quantitative estimate of drug-likeness (QED) is 0.301. The van der Waals surface area contributed by atoms with Crippen LogP contribution >= 0.6 is 0 Å². The van der Waals surface area contributed by atoms with Crippen molar-refractivity contribution in [3.63, 3.8) is 0 Å². The third kappa shape index (κ3) is 9.37. The van der Waals surface area contributed by atoms with E-state index in [1.165, 1.54) is 0 Å². The van der Waals surface area contributed by atoms with Gasteiger partial charge < -0.3 is 12.6 Å². The summed E-state index contributed by atoms with van der Waals surface area (Å²) in [7, 11) is 0. The Morgan fingerprint density at radius 2 is 1.83 bits per heavy atom. The summed E-state index contributed by atoms with van der Waals surface area (Å²) >= 11 is 4.78. The minimum Gasteiger partial charge on any atom is -0.789 e. The molecule has 2 heteroatoms. The molecule has 0 nitrogen and oxygen atoms in total. The molecule has 0 rings (SSSR count). The van der Waals surface area contributed by atoms with Crippen molar-refractivity contribution in [1.82, 2.24) is 0 Å². The van der Waals surface area contributed by atoms with Crippen LogP contribution < -0.4 is 51.4 Å². The van der Waals surface area contributed by atoms with Gasteiger partial charge in [-0.15, -0.1) is 0 Å². The summed E-state index contributed by atoms with van der Waals surface area (Å²) in [6.45, 7) is 4.13. The van der Waals surface area contributed by atoms with Crippen LogP contribution in [0.2, 0.25) is 0 Å². The van der Waals surface area contributed by atoms with Crippen LogP contribution in [0.4, 0.5) is 0 Å². The number of rotatable bonds is 1. The Morgan fingerprint density at radius 1 is 1.67 bits per heavy atom. The van der Waals surface area contributed by atoms with E-state index in [0.717, 1.165) is 6.42 Å². The van der Waals surface area contributed by atoms with Gasteiger partial charge in [-0.3, -0.25) is 0 Å². The fourth-order valence-corrected chi connectivity index (χ4v) is 0. The Labute approximate surface area is 87.9 Å². The van der Waals surface area contributed by atoms with Gasteiger partial charge in [0.1, 0.15) is 0 Å². The molecule has 0 aliphatic carbocycles. The van der Waals surface area contributed by atoms with E-state index >= 15 is 0 Å². The molecule has 0 aromatic rings. The van der Waals surface area contributed by atoms with Crippen molar-refractivity contribution in [2.24, 2.45) is 0 Å². The van der Waals surface area contributed by atoms with Gasteiger partial charge in [0.2, 0.25) is 0 Å². The number of hydrogen-bond acceptors (Lipinski definition) is 1. The van der Waals surface area contributed by atoms with Crippen molar-refractivity contribution < 1.29 is 51.4 Å². The van der Waals surface area contributed by atoms with Gasteiger partial charge in [-0.25, -0.2) is 0 Å². The fraction of sp³-hybridized carbons (Fsp3) is 1.00. The molecule has 32 valence electrons. The standard InChI is InChI=1S/C4H10S.K/c1-3-4(2)5;/h4-5H,3H2,1-2H3;/q;+1/p-1/t4-;/m0./s1. The molecule has 0 fully saturated rings. The maximum absolute atomic E-state index is 4.78. The first-order valence-electron chi connectivity index (χ1n) is 1.93. The minimum absolute atomic E-state index is 0. The molecule has 0 unspecified atom stereocenters. The second-order valence-corrected chi connectivity index (χ2v) is 2.02. The van der Waals surface area contributed by atoms with E-state index in [2.05, 4.69) is 6.92 Å². The molecule has 0 saturated carbocycles. The van der Waals surface area contributed by atoms with Gasteiger partial charge in [-0.2, -0.15) is 5.25 Å². The summed E-state index contributed by atoms with van der Waals surface area (Å²) < 4.78 is 0. The van der Waals surface area contributed by atoms with E-state index in [4.69, 9.17) is 12.6 Å². The Bertz CT molecular complexity index is 21.5. The topological polar surface area (TPSA) is 0 Å². The second-order valence-electron chi connectivity index (χ2n) is 1.22. The molecular weight excluding hydrogens is 119 g/mol. The van der Waals surface area contributed by atoms with E-state index in [1.807, 2.05) is 6.92 Å². The molecule has 0 amide bonds. The number of hydrogen-bond donors (Lipinski definition) is 0. The van der Waals surface area contributed by atoms with E-state index in [-0.39, 0.29) is 51.4 Å². The van der Waals surface area contributed by atoms with Crippen LogP contribution in [0.15, 0.2) is 0 Å². The Morgan fingerprint density at radius 3 is 1.83 bits per heavy atom. The van der Waals surface area contributed by atoms with Gasteiger partial charge in [0.15, 0.2) is 0 Å². The average Bonchev–Trinajstić information content (AvgIpc) is 1.38. The first-order chi connectivity index (χ1) is 2.27. The van der Waals surface area contributed by atoms with Crippen LogP contribution in [0.25, 0.3) is 0 Å². The molecule has 0 heterocycles. The van der Waals surface area contributed by atoms with Gasteiger partial charge in [-0.1, -0.05) is 20.3 Å². The van der Waals surface area contributed by atoms with Crippen LogP contribution in [-0.2, 0) is 12.6 Å². The van der Waals surface area contributed by atoms with E-state index in [9.17, 15) is 0 Å². The summed E-state index contributed by atoms with van der Waals surface area (Å²) in [6.07, 6.45) is 1.12. The normalized spacial score (nSPS) is 12.5. The Balaban J connectivity index is 0. The van der Waals surface area contributed by atoms with Crippen molar-refractivity contribution in [2.75, 3.05) is 0 Å². The molecule has 0 aliphatic heterocycles. The predicted octanol–water partition coefficient (Wildman–Crippen LogP) is -1.66. The molecule has 0 aliphatic rings. The van der Waals surface area contributed by atoms with Crippen LogP contribution in [0.5, 0.6) is 0 Å². The summed E-state index contributed by atoms with van der Waals surface area (Å²) in [5, 5.41) is 0.468. The Hall–Kier alpha value is 1.99. The Kier molecular flexibility index (Phi) is 12.7. The van der Waals surface area contributed by atoms with Crippen LogP contribution in [-0.4, -0.2) is 5.25 Å². The molecular formula is C4H9KS. The van der Waals surface area contributed by atoms with E-state index in [1.54, 1.807) is 0 Å². The summed E-state index contributed by atoms with van der Waals surface area (Å²) in [6, 6.07) is 0. The molecule has 0 aromatic carbocycles. The third-order valence-electron chi connectivity index (χ3n) is 0.575. The van der Waals surface area contributed by atoms with Crippen molar-refractivity contribution in [3.8, 4) is 0 Å². The fourth-order valence-electron chi connectivity index (χ4n) is 0. The largest absolute Gasteiger partial charge is 1.00 e. The van der Waals surface area contributed by atoms with Gasteiger partial charge in [0.25, 0.3) is 0 Å². The summed E-state index contributed by atoms with van der Waals surface area (Å²) in [5.74, 6) is 0. The first-order valence-corrected chi connectivity index (χ1v) is 2.40. The second kappa shape index (κ2) is 6.99. The van der Waals surface area contributed by atoms with Crippen LogP contribution in [0.3, 0.4) is 0 Å². The molecule has 1 atom stereocenters. The smallest absolute Gasteiger partial charge is 0.789 e. The van der Waals surface area contributed by atoms with Gasteiger partial charge >= 0.3 is 51.4 Å². The zero-order valence-corrected chi connectivity index (χ0v) is 8.63. The average molecular weight is 128 g/mol. The SMILES string of the molecule is CC[C@H](C)[S-].[K+]. The zero-order valence-electron chi connectivity index (χ0n) is 4.69. The molecule has 0 spiro atoms. The molecule has 0 aromatic heterocycles. The maximum atomic E-state index is 4.78. The monoisotopic (exact) mass is 128 g/mol. The van der Waals surface area contributed by atoms with Crippen molar-refractivity contribution in [1.29, 1.82) is 0 Å². The molecule has 6 heavy (non-hydrogen) atoms. The van der Waals surface area contributed by atoms with E-state index in [0.29, 0.717) is 5.25 Å². The van der Waals surface area contributed by atoms with Crippen molar-refractivity contribution >= 4 is 12.6 Å². The van der Waals surface area contributed by atoms with Gasteiger partial charge in [0.05, 0.1) is 0 Å². The molecule has 0 saturated heterocycles. The van der Waals surface area contributed by atoms with Crippen molar-refractivity contribution in [3.05, 3.63) is 0 Å². The molecule has 0 N–H and O–H groups in total. The van der Waals surface area contributed by atoms with Gasteiger partial charge in [-0.05, 0) is 0 Å². The van der Waals surface area contributed by atoms with Crippen LogP contribution in [0, 0.1) is 0 Å². The van der Waals surface area contributed by atoms with E-state index < -0.39 is 0 Å². The third-order valence-corrected chi connectivity index (χ3v) is 0.908. The summed E-state index contributed by atoms with van der Waals surface area (Å²) in [5.41, 5.74) is 0.